The highest BCUT2D eigenvalue weighted by Gasteiger charge is 1.90. The summed E-state index contributed by atoms with van der Waals surface area (Å²) < 4.78 is 10.2. The fourth-order valence-corrected chi connectivity index (χ4v) is 0.826. The smallest absolute Gasteiger partial charge is 0.137 e. The summed E-state index contributed by atoms with van der Waals surface area (Å²) in [6.07, 6.45) is 4.33. The van der Waals surface area contributed by atoms with Crippen molar-refractivity contribution in [3.05, 3.63) is 24.5 Å². The fourth-order valence-electron chi connectivity index (χ4n) is 0.826. The molecule has 1 heterocycles. The van der Waals surface area contributed by atoms with Gasteiger partial charge in [0.1, 0.15) is 5.75 Å². The molecule has 0 aliphatic carbocycles. The summed E-state index contributed by atoms with van der Waals surface area (Å²) in [5.74, 6) is 0.814. The van der Waals surface area contributed by atoms with Crippen LogP contribution in [0.5, 0.6) is 5.75 Å². The van der Waals surface area contributed by atoms with E-state index >= 15 is 0 Å². The van der Waals surface area contributed by atoms with Crippen LogP contribution in [-0.4, -0.2) is 25.3 Å². The topological polar surface area (TPSA) is 31.4 Å². The van der Waals surface area contributed by atoms with Gasteiger partial charge in [-0.2, -0.15) is 0 Å². The highest BCUT2D eigenvalue weighted by molar-refractivity contribution is 5.15. The number of ether oxygens (including phenoxy) is 2. The van der Waals surface area contributed by atoms with Crippen LogP contribution in [0.2, 0.25) is 0 Å². The predicted octanol–water partition coefficient (Wildman–Crippen LogP) is 1.50. The third-order valence-electron chi connectivity index (χ3n) is 1.40. The van der Waals surface area contributed by atoms with Gasteiger partial charge in [-0.15, -0.1) is 0 Å². The van der Waals surface area contributed by atoms with Crippen LogP contribution in [0.3, 0.4) is 0 Å². The molecule has 0 aliphatic heterocycles. The Balaban J connectivity index is 2.16. The van der Waals surface area contributed by atoms with E-state index in [9.17, 15) is 0 Å². The van der Waals surface area contributed by atoms with Crippen LogP contribution in [0.25, 0.3) is 0 Å². The molecule has 0 saturated heterocycles. The molecule has 3 nitrogen and oxygen atoms in total. The average Bonchev–Trinajstić information content (AvgIpc) is 2.14. The number of pyridine rings is 1. The van der Waals surface area contributed by atoms with Crippen LogP contribution in [0.4, 0.5) is 0 Å². The first-order chi connectivity index (χ1) is 5.93. The van der Waals surface area contributed by atoms with Crippen LogP contribution in [0.15, 0.2) is 24.5 Å². The lowest BCUT2D eigenvalue weighted by molar-refractivity contribution is 0.172. The van der Waals surface area contributed by atoms with Gasteiger partial charge in [-0.05, 0) is 12.1 Å². The van der Waals surface area contributed by atoms with E-state index in [1.807, 2.05) is 12.1 Å². The van der Waals surface area contributed by atoms with Crippen molar-refractivity contribution in [3.8, 4) is 5.75 Å². The summed E-state index contributed by atoms with van der Waals surface area (Å²) >= 11 is 0. The lowest BCUT2D eigenvalue weighted by Gasteiger charge is -2.03. The van der Waals surface area contributed by atoms with E-state index in [1.54, 1.807) is 19.5 Å². The maximum Gasteiger partial charge on any atom is 0.137 e. The van der Waals surface area contributed by atoms with E-state index in [0.29, 0.717) is 6.61 Å². The molecule has 0 aromatic carbocycles. The van der Waals surface area contributed by atoms with Gasteiger partial charge >= 0.3 is 0 Å². The van der Waals surface area contributed by atoms with E-state index in [1.165, 1.54) is 0 Å². The summed E-state index contributed by atoms with van der Waals surface area (Å²) in [5.41, 5.74) is 0. The van der Waals surface area contributed by atoms with Crippen LogP contribution in [0.1, 0.15) is 6.42 Å². The van der Waals surface area contributed by atoms with Crippen molar-refractivity contribution in [3.63, 3.8) is 0 Å². The molecule has 66 valence electrons. The van der Waals surface area contributed by atoms with Crippen LogP contribution in [0, 0.1) is 0 Å². The van der Waals surface area contributed by atoms with Crippen molar-refractivity contribution in [2.24, 2.45) is 0 Å². The molecule has 12 heavy (non-hydrogen) atoms. The minimum atomic E-state index is 0.680. The summed E-state index contributed by atoms with van der Waals surface area (Å²) in [5, 5.41) is 0. The Bertz CT molecular complexity index is 201. The van der Waals surface area contributed by atoms with Crippen LogP contribution >= 0.6 is 0 Å². The predicted molar refractivity (Wildman–Crippen MR) is 46.2 cm³/mol. The number of aromatic nitrogens is 1. The van der Waals surface area contributed by atoms with Crippen molar-refractivity contribution in [2.75, 3.05) is 20.3 Å². The minimum Gasteiger partial charge on any atom is -0.492 e. The summed E-state index contributed by atoms with van der Waals surface area (Å²) in [6.45, 7) is 1.42. The van der Waals surface area contributed by atoms with Crippen molar-refractivity contribution < 1.29 is 9.47 Å². The third-order valence-corrected chi connectivity index (χ3v) is 1.40. The van der Waals surface area contributed by atoms with Gasteiger partial charge in [-0.1, -0.05) is 0 Å². The standard InChI is InChI=1S/C9H13NO2/c1-11-6-3-7-12-9-4-2-5-10-8-9/h2,4-5,8H,3,6-7H2,1H3. The molecule has 0 amide bonds. The highest BCUT2D eigenvalue weighted by atomic mass is 16.5. The lowest BCUT2D eigenvalue weighted by atomic mass is 10.4. The zero-order chi connectivity index (χ0) is 8.65. The second-order valence-electron chi connectivity index (χ2n) is 2.38. The monoisotopic (exact) mass is 167 g/mol. The van der Waals surface area contributed by atoms with Crippen LogP contribution < -0.4 is 4.74 Å². The Morgan fingerprint density at radius 3 is 3.00 bits per heavy atom. The molecule has 1 aromatic heterocycles. The van der Waals surface area contributed by atoms with E-state index in [4.69, 9.17) is 9.47 Å². The molecule has 1 aromatic rings. The molecule has 3 heteroatoms. The van der Waals surface area contributed by atoms with E-state index in [-0.39, 0.29) is 0 Å². The van der Waals surface area contributed by atoms with Gasteiger partial charge < -0.3 is 9.47 Å². The normalized spacial score (nSPS) is 9.75. The van der Waals surface area contributed by atoms with Gasteiger partial charge in [0.25, 0.3) is 0 Å². The van der Waals surface area contributed by atoms with Gasteiger partial charge in [0.05, 0.1) is 12.8 Å². The molecule has 0 radical (unpaired) electrons. The highest BCUT2D eigenvalue weighted by Crippen LogP contribution is 2.05. The minimum absolute atomic E-state index is 0.680. The zero-order valence-electron chi connectivity index (χ0n) is 7.19. The van der Waals surface area contributed by atoms with Crippen LogP contribution in [-0.2, 0) is 4.74 Å². The first-order valence-corrected chi connectivity index (χ1v) is 3.95. The summed E-state index contributed by atoms with van der Waals surface area (Å²) in [7, 11) is 1.68. The Morgan fingerprint density at radius 2 is 2.33 bits per heavy atom. The molecular formula is C9H13NO2. The quantitative estimate of drug-likeness (QED) is 0.623. The average molecular weight is 167 g/mol. The molecule has 0 atom stereocenters. The first-order valence-electron chi connectivity index (χ1n) is 3.95. The Kier molecular flexibility index (Phi) is 4.16. The van der Waals surface area contributed by atoms with E-state index in [2.05, 4.69) is 4.98 Å². The van der Waals surface area contributed by atoms with E-state index in [0.717, 1.165) is 18.8 Å². The van der Waals surface area contributed by atoms with Gasteiger partial charge in [0, 0.05) is 26.3 Å². The maximum absolute atomic E-state index is 5.37. The second-order valence-corrected chi connectivity index (χ2v) is 2.38. The van der Waals surface area contributed by atoms with Crippen molar-refractivity contribution >= 4 is 0 Å². The van der Waals surface area contributed by atoms with Gasteiger partial charge in [0.15, 0.2) is 0 Å². The number of nitrogens with zero attached hydrogens (tertiary/aromatic N) is 1. The Morgan fingerprint density at radius 1 is 1.42 bits per heavy atom. The number of rotatable bonds is 5. The molecule has 0 unspecified atom stereocenters. The molecule has 1 rings (SSSR count). The maximum atomic E-state index is 5.37. The van der Waals surface area contributed by atoms with Crippen molar-refractivity contribution in [1.29, 1.82) is 0 Å². The molecule has 0 spiro atoms. The summed E-state index contributed by atoms with van der Waals surface area (Å²) in [6, 6.07) is 3.74. The number of methoxy groups -OCH3 is 1. The Hall–Kier alpha value is -1.09. The molecule has 0 bridgehead atoms. The first kappa shape index (κ1) is 9.00. The van der Waals surface area contributed by atoms with Crippen molar-refractivity contribution in [1.82, 2.24) is 4.98 Å². The number of hydrogen-bond donors (Lipinski definition) is 0. The third kappa shape index (κ3) is 3.34. The van der Waals surface area contributed by atoms with Gasteiger partial charge in [-0.25, -0.2) is 0 Å². The molecule has 0 aliphatic rings. The molecule has 0 N–H and O–H groups in total. The van der Waals surface area contributed by atoms with Crippen molar-refractivity contribution in [2.45, 2.75) is 6.42 Å². The SMILES string of the molecule is COCCCOc1cccnc1. The number of hydrogen-bond acceptors (Lipinski definition) is 3. The summed E-state index contributed by atoms with van der Waals surface area (Å²) in [4.78, 5) is 3.93. The largest absolute Gasteiger partial charge is 0.492 e. The van der Waals surface area contributed by atoms with Gasteiger partial charge in [0.2, 0.25) is 0 Å². The van der Waals surface area contributed by atoms with Gasteiger partial charge in [-0.3, -0.25) is 4.98 Å². The fraction of sp³-hybridized carbons (Fsp3) is 0.444. The molecule has 0 fully saturated rings. The zero-order valence-corrected chi connectivity index (χ0v) is 7.19. The molecule has 0 saturated carbocycles. The van der Waals surface area contributed by atoms with E-state index < -0.39 is 0 Å². The Labute approximate surface area is 72.3 Å². The lowest BCUT2D eigenvalue weighted by Crippen LogP contribution is -2.01. The second kappa shape index (κ2) is 5.55. The molecular weight excluding hydrogens is 154 g/mol.